The number of carbonyl (C=O) groups excluding carboxylic acids is 1. The van der Waals surface area contributed by atoms with Crippen LogP contribution in [0.3, 0.4) is 0 Å². The van der Waals surface area contributed by atoms with Crippen molar-refractivity contribution in [1.29, 1.82) is 0 Å². The monoisotopic (exact) mass is 144 g/mol. The number of amides is 1. The van der Waals surface area contributed by atoms with Gasteiger partial charge in [0.05, 0.1) is 11.5 Å². The van der Waals surface area contributed by atoms with Crippen LogP contribution in [-0.2, 0) is 4.79 Å². The van der Waals surface area contributed by atoms with Gasteiger partial charge in [-0.3, -0.25) is 5.32 Å². The number of quaternary nitrogens is 1. The Balaban J connectivity index is 3.87. The summed E-state index contributed by atoms with van der Waals surface area (Å²) in [4.78, 5) is 11.2. The van der Waals surface area contributed by atoms with Crippen LogP contribution in [-0.4, -0.2) is 11.9 Å². The number of nitrogens with two attached hydrogens (primary N) is 1. The molecule has 0 unspecified atom stereocenters. The van der Waals surface area contributed by atoms with Gasteiger partial charge in [-0.25, -0.2) is 4.79 Å². The second-order valence-electron chi connectivity index (χ2n) is 4.02. The maximum absolute atomic E-state index is 11.2. The summed E-state index contributed by atoms with van der Waals surface area (Å²) in [7, 11) is 0. The van der Waals surface area contributed by atoms with Gasteiger partial charge in [-0.1, -0.05) is 0 Å². The first-order valence-corrected chi connectivity index (χ1v) is 3.73. The second kappa shape index (κ2) is 3.15. The summed E-state index contributed by atoms with van der Waals surface area (Å²) >= 11 is 0. The Morgan fingerprint density at radius 3 is 1.80 bits per heavy atom. The van der Waals surface area contributed by atoms with E-state index in [2.05, 4.69) is 0 Å². The molecule has 0 aliphatic carbocycles. The van der Waals surface area contributed by atoms with Crippen molar-refractivity contribution in [2.24, 2.45) is 5.41 Å². The van der Waals surface area contributed by atoms with Crippen LogP contribution in [0, 0.1) is 5.41 Å². The molecule has 0 aromatic rings. The van der Waals surface area contributed by atoms with Crippen molar-refractivity contribution in [3.05, 3.63) is 0 Å². The van der Waals surface area contributed by atoms with Crippen molar-refractivity contribution >= 4 is 5.91 Å². The maximum Gasteiger partial charge on any atom is 0.315 e. The molecule has 0 heterocycles. The fourth-order valence-electron chi connectivity index (χ4n) is 0.553. The first-order valence-electron chi connectivity index (χ1n) is 3.73. The van der Waals surface area contributed by atoms with E-state index in [9.17, 15) is 4.79 Å². The predicted octanol–water partition coefficient (Wildman–Crippen LogP) is 0.531. The highest BCUT2D eigenvalue weighted by Gasteiger charge is 2.25. The minimum atomic E-state index is -0.204. The van der Waals surface area contributed by atoms with Gasteiger partial charge in [0.1, 0.15) is 0 Å². The summed E-state index contributed by atoms with van der Waals surface area (Å²) in [6, 6.07) is 0.367. The molecule has 0 aromatic heterocycles. The Labute approximate surface area is 63.0 Å². The normalized spacial score (nSPS) is 12.2. The third-order valence-corrected chi connectivity index (χ3v) is 1.22. The topological polar surface area (TPSA) is 33.7 Å². The summed E-state index contributed by atoms with van der Waals surface area (Å²) in [6.07, 6.45) is 0. The molecule has 2 N–H and O–H groups in total. The summed E-state index contributed by atoms with van der Waals surface area (Å²) in [5.41, 5.74) is -0.204. The predicted molar refractivity (Wildman–Crippen MR) is 41.5 cm³/mol. The highest BCUT2D eigenvalue weighted by molar-refractivity contribution is 5.71. The Morgan fingerprint density at radius 2 is 1.70 bits per heavy atom. The first-order chi connectivity index (χ1) is 4.34. The van der Waals surface area contributed by atoms with Crippen LogP contribution < -0.4 is 5.32 Å². The van der Waals surface area contributed by atoms with Crippen LogP contribution in [0.5, 0.6) is 0 Å². The van der Waals surface area contributed by atoms with Gasteiger partial charge in [-0.15, -0.1) is 0 Å². The van der Waals surface area contributed by atoms with Gasteiger partial charge in [-0.05, 0) is 34.6 Å². The van der Waals surface area contributed by atoms with Gasteiger partial charge in [0.2, 0.25) is 0 Å². The molecular weight excluding hydrogens is 126 g/mol. The van der Waals surface area contributed by atoms with Gasteiger partial charge >= 0.3 is 5.91 Å². The van der Waals surface area contributed by atoms with E-state index in [0.717, 1.165) is 0 Å². The first kappa shape index (κ1) is 9.63. The summed E-state index contributed by atoms with van der Waals surface area (Å²) in [5.74, 6) is 0.238. The molecule has 2 heteroatoms. The molecule has 0 fully saturated rings. The fraction of sp³-hybridized carbons (Fsp3) is 0.875. The van der Waals surface area contributed by atoms with Gasteiger partial charge in [0.15, 0.2) is 0 Å². The molecule has 60 valence electrons. The molecule has 10 heavy (non-hydrogen) atoms. The Hall–Kier alpha value is -0.370. The zero-order valence-electron chi connectivity index (χ0n) is 7.56. The van der Waals surface area contributed by atoms with E-state index < -0.39 is 0 Å². The SMILES string of the molecule is CC(C)[NH2+]C(=O)C(C)(C)C. The smallest absolute Gasteiger partial charge is 0.281 e. The minimum absolute atomic E-state index is 0.204. The lowest BCUT2D eigenvalue weighted by Crippen LogP contribution is -2.94. The molecule has 0 bridgehead atoms. The zero-order chi connectivity index (χ0) is 8.36. The van der Waals surface area contributed by atoms with E-state index in [1.165, 1.54) is 0 Å². The van der Waals surface area contributed by atoms with E-state index in [1.807, 2.05) is 34.6 Å². The second-order valence-corrected chi connectivity index (χ2v) is 4.02. The minimum Gasteiger partial charge on any atom is -0.281 e. The lowest BCUT2D eigenvalue weighted by Gasteiger charge is -2.14. The van der Waals surface area contributed by atoms with E-state index in [4.69, 9.17) is 0 Å². The molecule has 0 saturated heterocycles. The quantitative estimate of drug-likeness (QED) is 0.572. The highest BCUT2D eigenvalue weighted by atomic mass is 16.2. The number of carbonyl (C=O) groups is 1. The van der Waals surface area contributed by atoms with Crippen molar-refractivity contribution in [3.8, 4) is 0 Å². The van der Waals surface area contributed by atoms with Gasteiger partial charge in [0, 0.05) is 0 Å². The van der Waals surface area contributed by atoms with Gasteiger partial charge in [-0.2, -0.15) is 0 Å². The number of rotatable bonds is 1. The van der Waals surface area contributed by atoms with E-state index in [0.29, 0.717) is 6.04 Å². The largest absolute Gasteiger partial charge is 0.315 e. The van der Waals surface area contributed by atoms with Crippen molar-refractivity contribution < 1.29 is 10.1 Å². The molecule has 0 saturated carbocycles. The molecule has 2 nitrogen and oxygen atoms in total. The summed E-state index contributed by atoms with van der Waals surface area (Å²) in [5, 5.41) is 1.78. The standard InChI is InChI=1S/C8H17NO/c1-6(2)9-7(10)8(3,4)5/h6H,1-5H3,(H,9,10)/p+1. The van der Waals surface area contributed by atoms with Crippen LogP contribution in [0.25, 0.3) is 0 Å². The lowest BCUT2D eigenvalue weighted by molar-refractivity contribution is -0.603. The third-order valence-electron chi connectivity index (χ3n) is 1.22. The van der Waals surface area contributed by atoms with E-state index in [1.54, 1.807) is 5.32 Å². The van der Waals surface area contributed by atoms with E-state index in [-0.39, 0.29) is 11.3 Å². The maximum atomic E-state index is 11.2. The molecule has 0 aliphatic heterocycles. The van der Waals surface area contributed by atoms with Gasteiger partial charge < -0.3 is 0 Å². The summed E-state index contributed by atoms with van der Waals surface area (Å²) in [6.45, 7) is 9.85. The third kappa shape index (κ3) is 3.62. The Bertz CT molecular complexity index is 122. The highest BCUT2D eigenvalue weighted by Crippen LogP contribution is 2.09. The Kier molecular flexibility index (Phi) is 3.03. The van der Waals surface area contributed by atoms with Crippen LogP contribution in [0.2, 0.25) is 0 Å². The number of hydrogen-bond donors (Lipinski definition) is 1. The van der Waals surface area contributed by atoms with Crippen LogP contribution in [0.15, 0.2) is 0 Å². The van der Waals surface area contributed by atoms with E-state index >= 15 is 0 Å². The average molecular weight is 144 g/mol. The van der Waals surface area contributed by atoms with Crippen LogP contribution in [0.4, 0.5) is 0 Å². The van der Waals surface area contributed by atoms with Gasteiger partial charge in [0.25, 0.3) is 0 Å². The number of hydrogen-bond acceptors (Lipinski definition) is 1. The van der Waals surface area contributed by atoms with Crippen molar-refractivity contribution in [2.45, 2.75) is 40.7 Å². The van der Waals surface area contributed by atoms with Crippen molar-refractivity contribution in [3.63, 3.8) is 0 Å². The Morgan fingerprint density at radius 1 is 1.30 bits per heavy atom. The molecular formula is C8H18NO+. The summed E-state index contributed by atoms with van der Waals surface area (Å²) < 4.78 is 0. The van der Waals surface area contributed by atoms with Crippen molar-refractivity contribution in [1.82, 2.24) is 0 Å². The molecule has 0 radical (unpaired) electrons. The van der Waals surface area contributed by atoms with Crippen molar-refractivity contribution in [2.75, 3.05) is 0 Å². The van der Waals surface area contributed by atoms with Crippen LogP contribution in [0.1, 0.15) is 34.6 Å². The molecule has 0 rings (SSSR count). The van der Waals surface area contributed by atoms with Crippen LogP contribution >= 0.6 is 0 Å². The average Bonchev–Trinajstić information content (AvgIpc) is 1.60. The lowest BCUT2D eigenvalue weighted by atomic mass is 9.95. The molecule has 0 spiro atoms. The zero-order valence-corrected chi connectivity index (χ0v) is 7.56. The number of primary amides is 1. The molecule has 0 aromatic carbocycles. The molecule has 0 aliphatic rings. The molecule has 1 amide bonds. The molecule has 0 atom stereocenters. The fourth-order valence-corrected chi connectivity index (χ4v) is 0.553.